The summed E-state index contributed by atoms with van der Waals surface area (Å²) in [6.07, 6.45) is 2.13. The van der Waals surface area contributed by atoms with Gasteiger partial charge in [0.05, 0.1) is 28.8 Å². The lowest BCUT2D eigenvalue weighted by molar-refractivity contribution is -0.126. The predicted octanol–water partition coefficient (Wildman–Crippen LogP) is 2.67. The van der Waals surface area contributed by atoms with Gasteiger partial charge in [0.15, 0.2) is 5.65 Å². The maximum Gasteiger partial charge on any atom is 0.257 e. The fourth-order valence-corrected chi connectivity index (χ4v) is 6.15. The van der Waals surface area contributed by atoms with E-state index in [1.807, 2.05) is 20.8 Å². The second-order valence-corrected chi connectivity index (χ2v) is 12.2. The fourth-order valence-electron chi connectivity index (χ4n) is 6.15. The molecule has 1 fully saturated rings. The van der Waals surface area contributed by atoms with Crippen LogP contribution in [0.3, 0.4) is 0 Å². The summed E-state index contributed by atoms with van der Waals surface area (Å²) in [6, 6.07) is 4.86. The van der Waals surface area contributed by atoms with Crippen molar-refractivity contribution in [1.29, 1.82) is 0 Å². The van der Waals surface area contributed by atoms with Gasteiger partial charge in [0.25, 0.3) is 11.8 Å². The minimum atomic E-state index is -0.768. The van der Waals surface area contributed by atoms with E-state index in [2.05, 4.69) is 20.7 Å². The van der Waals surface area contributed by atoms with Gasteiger partial charge in [-0.2, -0.15) is 5.10 Å². The normalized spacial score (nSPS) is 20.5. The molecule has 2 atom stereocenters. The van der Waals surface area contributed by atoms with Crippen LogP contribution in [-0.2, 0) is 23.1 Å². The van der Waals surface area contributed by atoms with Gasteiger partial charge >= 0.3 is 0 Å². The number of aryl methyl sites for hydroxylation is 4. The van der Waals surface area contributed by atoms with Crippen LogP contribution < -0.4 is 10.6 Å². The molecule has 2 bridgehead atoms. The van der Waals surface area contributed by atoms with Crippen LogP contribution in [0.2, 0.25) is 0 Å². The van der Waals surface area contributed by atoms with Crippen molar-refractivity contribution in [1.82, 2.24) is 35.2 Å². The summed E-state index contributed by atoms with van der Waals surface area (Å²) in [5.41, 5.74) is 2.94. The second kappa shape index (κ2) is 12.7. The summed E-state index contributed by atoms with van der Waals surface area (Å²) in [5, 5.41) is 11.0. The van der Waals surface area contributed by atoms with Crippen molar-refractivity contribution >= 4 is 34.7 Å². The molecule has 0 unspecified atom stereocenters. The average molecular weight is 606 g/mol. The first kappa shape index (κ1) is 31.1. The molecule has 0 saturated carbocycles. The molecule has 2 aliphatic heterocycles. The maximum absolute atomic E-state index is 14.8. The quantitative estimate of drug-likeness (QED) is 0.462. The first-order chi connectivity index (χ1) is 20.9. The summed E-state index contributed by atoms with van der Waals surface area (Å²) in [7, 11) is 1.77. The number of hydrogen-bond donors (Lipinski definition) is 2. The van der Waals surface area contributed by atoms with Crippen molar-refractivity contribution in [3.05, 3.63) is 58.2 Å². The van der Waals surface area contributed by atoms with Gasteiger partial charge in [0.2, 0.25) is 11.8 Å². The number of nitrogens with zero attached hydrogens (tertiary/aromatic N) is 5. The molecule has 2 N–H and O–H groups in total. The van der Waals surface area contributed by atoms with Gasteiger partial charge < -0.3 is 20.4 Å². The number of fused-ring (bicyclic) bond motifs is 4. The Morgan fingerprint density at radius 2 is 1.89 bits per heavy atom. The van der Waals surface area contributed by atoms with E-state index in [0.29, 0.717) is 66.8 Å². The number of pyridine rings is 1. The standard InChI is InChI=1S/C32H40FN7O4/c1-18(2)25-16-39(31(43)23-14-19(3)35-29-28(23)20(4)37-38(29)5)17-27(41)34-12-6-8-21-10-11-24(33)22(15-21)32(44)40-13-7-9-26(40)30(42)36-25/h10-11,14-15,18,25-26H,6-9,12-13,16-17H2,1-5H3,(H,34,41)(H,36,42)/t25-,26-/m0/s1. The number of hydrogen-bond acceptors (Lipinski definition) is 6. The third-order valence-electron chi connectivity index (χ3n) is 8.54. The van der Waals surface area contributed by atoms with Crippen molar-refractivity contribution in [3.63, 3.8) is 0 Å². The number of amides is 4. The van der Waals surface area contributed by atoms with Crippen LogP contribution in [0.5, 0.6) is 0 Å². The van der Waals surface area contributed by atoms with Gasteiger partial charge in [0.1, 0.15) is 11.9 Å². The number of carbonyl (C=O) groups excluding carboxylic acids is 4. The van der Waals surface area contributed by atoms with E-state index in [-0.39, 0.29) is 42.3 Å². The van der Waals surface area contributed by atoms with E-state index in [4.69, 9.17) is 0 Å². The van der Waals surface area contributed by atoms with Crippen LogP contribution in [0, 0.1) is 25.6 Å². The highest BCUT2D eigenvalue weighted by Crippen LogP contribution is 2.25. The van der Waals surface area contributed by atoms with E-state index < -0.39 is 23.8 Å². The Bertz CT molecular complexity index is 1620. The van der Waals surface area contributed by atoms with Crippen LogP contribution >= 0.6 is 0 Å². The molecule has 44 heavy (non-hydrogen) atoms. The molecular weight excluding hydrogens is 565 g/mol. The molecule has 0 radical (unpaired) electrons. The molecule has 2 aromatic heterocycles. The van der Waals surface area contributed by atoms with Gasteiger partial charge in [-0.3, -0.25) is 23.9 Å². The first-order valence-electron chi connectivity index (χ1n) is 15.2. The summed E-state index contributed by atoms with van der Waals surface area (Å²) in [5.74, 6) is -2.32. The minimum Gasteiger partial charge on any atom is -0.355 e. The monoisotopic (exact) mass is 605 g/mol. The third kappa shape index (κ3) is 6.29. The summed E-state index contributed by atoms with van der Waals surface area (Å²) >= 11 is 0. The molecule has 4 amide bonds. The van der Waals surface area contributed by atoms with Crippen LogP contribution in [0.25, 0.3) is 11.0 Å². The highest BCUT2D eigenvalue weighted by molar-refractivity contribution is 6.07. The molecule has 3 aromatic rings. The summed E-state index contributed by atoms with van der Waals surface area (Å²) in [4.78, 5) is 62.1. The van der Waals surface area contributed by atoms with Gasteiger partial charge in [-0.15, -0.1) is 0 Å². The molecule has 234 valence electrons. The van der Waals surface area contributed by atoms with Crippen molar-refractivity contribution in [2.24, 2.45) is 13.0 Å². The zero-order valence-electron chi connectivity index (χ0n) is 25.9. The van der Waals surface area contributed by atoms with Crippen LogP contribution in [0.1, 0.15) is 70.8 Å². The molecule has 1 saturated heterocycles. The Kier molecular flexibility index (Phi) is 8.98. The molecule has 5 rings (SSSR count). The van der Waals surface area contributed by atoms with Gasteiger partial charge in [-0.05, 0) is 69.2 Å². The third-order valence-corrected chi connectivity index (χ3v) is 8.54. The van der Waals surface area contributed by atoms with E-state index in [0.717, 1.165) is 5.56 Å². The highest BCUT2D eigenvalue weighted by Gasteiger charge is 2.37. The Labute approximate surface area is 256 Å². The minimum absolute atomic E-state index is 0.0580. The van der Waals surface area contributed by atoms with E-state index in [9.17, 15) is 23.6 Å². The summed E-state index contributed by atoms with van der Waals surface area (Å²) in [6.45, 7) is 7.99. The molecule has 0 spiro atoms. The van der Waals surface area contributed by atoms with Crippen molar-refractivity contribution in [3.8, 4) is 0 Å². The van der Waals surface area contributed by atoms with E-state index in [1.165, 1.54) is 15.9 Å². The van der Waals surface area contributed by atoms with Crippen LogP contribution in [0.4, 0.5) is 4.39 Å². The van der Waals surface area contributed by atoms with E-state index in [1.54, 1.807) is 36.9 Å². The lowest BCUT2D eigenvalue weighted by atomic mass is 10.0. The van der Waals surface area contributed by atoms with E-state index >= 15 is 0 Å². The molecule has 0 aliphatic carbocycles. The molecule has 1 aromatic carbocycles. The zero-order valence-corrected chi connectivity index (χ0v) is 25.9. The zero-order chi connectivity index (χ0) is 31.7. The first-order valence-corrected chi connectivity index (χ1v) is 15.2. The smallest absolute Gasteiger partial charge is 0.257 e. The number of aromatic nitrogens is 3. The van der Waals surface area contributed by atoms with Crippen molar-refractivity contribution in [2.75, 3.05) is 26.2 Å². The van der Waals surface area contributed by atoms with Gasteiger partial charge in [-0.25, -0.2) is 9.37 Å². The lowest BCUT2D eigenvalue weighted by Gasteiger charge is -2.32. The number of rotatable bonds is 2. The van der Waals surface area contributed by atoms with Crippen molar-refractivity contribution < 1.29 is 23.6 Å². The molecular formula is C32H40FN7O4. The number of halogens is 1. The topological polar surface area (TPSA) is 130 Å². The Hall–Kier alpha value is -4.35. The van der Waals surface area contributed by atoms with Crippen LogP contribution in [0.15, 0.2) is 24.3 Å². The maximum atomic E-state index is 14.8. The van der Waals surface area contributed by atoms with Crippen LogP contribution in [-0.4, -0.2) is 86.5 Å². The largest absolute Gasteiger partial charge is 0.355 e. The number of benzene rings is 1. The fraction of sp³-hybridized carbons (Fsp3) is 0.500. The predicted molar refractivity (Wildman–Crippen MR) is 162 cm³/mol. The van der Waals surface area contributed by atoms with Crippen molar-refractivity contribution in [2.45, 2.75) is 65.5 Å². The Morgan fingerprint density at radius 3 is 2.64 bits per heavy atom. The highest BCUT2D eigenvalue weighted by atomic mass is 19.1. The average Bonchev–Trinajstić information content (AvgIpc) is 3.58. The molecule has 4 heterocycles. The van der Waals surface area contributed by atoms with Gasteiger partial charge in [0, 0.05) is 38.4 Å². The number of carbonyl (C=O) groups is 4. The lowest BCUT2D eigenvalue weighted by Crippen LogP contribution is -2.54. The SMILES string of the molecule is Cc1cc(C(=O)N2CC(=O)NCCCc3ccc(F)c(c3)C(=O)N3CCC[C@H]3C(=O)N[C@H](C(C)C)C2)c2c(C)nn(C)c2n1. The second-order valence-electron chi connectivity index (χ2n) is 12.2. The van der Waals surface area contributed by atoms with Gasteiger partial charge in [-0.1, -0.05) is 19.9 Å². The summed E-state index contributed by atoms with van der Waals surface area (Å²) < 4.78 is 16.5. The molecule has 2 aliphatic rings. The Balaban J connectivity index is 1.50. The molecule has 12 heteroatoms. The molecule has 11 nitrogen and oxygen atoms in total. The Morgan fingerprint density at radius 1 is 1.11 bits per heavy atom. The number of nitrogens with one attached hydrogen (secondary N) is 2.